The second-order valence-corrected chi connectivity index (χ2v) is 4.61. The van der Waals surface area contributed by atoms with E-state index < -0.39 is 43.2 Å². The minimum absolute atomic E-state index is 0.0858. The molecule has 0 radical (unpaired) electrons. The molecule has 2 saturated heterocycles. The number of aliphatic hydroxyl groups is 3. The third-order valence-electron chi connectivity index (χ3n) is 3.27. The lowest BCUT2D eigenvalue weighted by molar-refractivity contribution is -0.159. The average molecular weight is 282 g/mol. The van der Waals surface area contributed by atoms with Crippen molar-refractivity contribution < 1.29 is 33.6 Å². The first-order chi connectivity index (χ1) is 8.87. The van der Waals surface area contributed by atoms with Gasteiger partial charge in [-0.05, 0) is 6.42 Å². The summed E-state index contributed by atoms with van der Waals surface area (Å²) >= 11 is 0. The third kappa shape index (κ3) is 2.50. The molecule has 2 rings (SSSR count). The van der Waals surface area contributed by atoms with Gasteiger partial charge >= 0.3 is 12.0 Å². The fourth-order valence-electron chi connectivity index (χ4n) is 2.24. The summed E-state index contributed by atoms with van der Waals surface area (Å²) < 4.78 is 32.8. The van der Waals surface area contributed by atoms with Crippen LogP contribution in [0.5, 0.6) is 0 Å². The molecule has 110 valence electrons. The van der Waals surface area contributed by atoms with Gasteiger partial charge in [-0.3, -0.25) is 4.90 Å². The zero-order valence-electron chi connectivity index (χ0n) is 10.00. The molecule has 0 saturated carbocycles. The number of ether oxygens (including phenoxy) is 1. The third-order valence-corrected chi connectivity index (χ3v) is 3.27. The van der Waals surface area contributed by atoms with Crippen molar-refractivity contribution in [1.29, 1.82) is 0 Å². The summed E-state index contributed by atoms with van der Waals surface area (Å²) in [7, 11) is 0. The van der Waals surface area contributed by atoms with E-state index in [-0.39, 0.29) is 19.4 Å². The highest BCUT2D eigenvalue weighted by atomic mass is 19.3. The van der Waals surface area contributed by atoms with Crippen LogP contribution in [0.1, 0.15) is 12.8 Å². The largest absolute Gasteiger partial charge is 0.396 e. The molecule has 0 aromatic heterocycles. The average Bonchev–Trinajstić information content (AvgIpc) is 2.54. The molecule has 0 spiro atoms. The zero-order chi connectivity index (χ0) is 14.2. The molecular formula is C10H16F2N2O5. The van der Waals surface area contributed by atoms with Gasteiger partial charge in [-0.15, -0.1) is 0 Å². The van der Waals surface area contributed by atoms with E-state index in [0.717, 1.165) is 4.90 Å². The van der Waals surface area contributed by atoms with Crippen LogP contribution in [-0.4, -0.2) is 70.0 Å². The van der Waals surface area contributed by atoms with Crippen LogP contribution in [-0.2, 0) is 4.74 Å². The number of hydrogen-bond acceptors (Lipinski definition) is 5. The second-order valence-electron chi connectivity index (χ2n) is 4.61. The number of halogens is 2. The van der Waals surface area contributed by atoms with Crippen LogP contribution in [0.3, 0.4) is 0 Å². The van der Waals surface area contributed by atoms with E-state index in [4.69, 9.17) is 9.84 Å². The van der Waals surface area contributed by atoms with Gasteiger partial charge in [-0.2, -0.15) is 8.78 Å². The Hall–Kier alpha value is -1.03. The van der Waals surface area contributed by atoms with Crippen molar-refractivity contribution in [2.24, 2.45) is 0 Å². The Morgan fingerprint density at radius 1 is 1.47 bits per heavy atom. The van der Waals surface area contributed by atoms with Crippen molar-refractivity contribution in [3.8, 4) is 0 Å². The number of nitrogens with zero attached hydrogens (tertiary/aromatic N) is 1. The predicted molar refractivity (Wildman–Crippen MR) is 57.2 cm³/mol. The first-order valence-corrected chi connectivity index (χ1v) is 5.95. The van der Waals surface area contributed by atoms with Crippen LogP contribution < -0.4 is 5.32 Å². The van der Waals surface area contributed by atoms with Crippen molar-refractivity contribution >= 4 is 6.03 Å². The Balaban J connectivity index is 2.13. The molecule has 9 heteroatoms. The summed E-state index contributed by atoms with van der Waals surface area (Å²) in [5.74, 6) is -3.63. The van der Waals surface area contributed by atoms with Gasteiger partial charge in [-0.25, -0.2) is 4.79 Å². The van der Waals surface area contributed by atoms with Crippen molar-refractivity contribution in [3.05, 3.63) is 0 Å². The maximum absolute atomic E-state index is 13.9. The molecule has 2 aliphatic rings. The van der Waals surface area contributed by atoms with E-state index in [1.807, 2.05) is 0 Å². The summed E-state index contributed by atoms with van der Waals surface area (Å²) in [6.07, 6.45) is -6.34. The Morgan fingerprint density at radius 2 is 2.16 bits per heavy atom. The van der Waals surface area contributed by atoms with Crippen LogP contribution in [0.15, 0.2) is 0 Å². The van der Waals surface area contributed by atoms with Gasteiger partial charge in [-0.1, -0.05) is 0 Å². The molecule has 0 aromatic rings. The molecule has 0 unspecified atom stereocenters. The van der Waals surface area contributed by atoms with Gasteiger partial charge in [0.15, 0.2) is 0 Å². The van der Waals surface area contributed by atoms with Gasteiger partial charge in [0.2, 0.25) is 6.23 Å². The topological polar surface area (TPSA) is 102 Å². The summed E-state index contributed by atoms with van der Waals surface area (Å²) in [6, 6.07) is -0.875. The molecule has 2 heterocycles. The summed E-state index contributed by atoms with van der Waals surface area (Å²) in [5, 5.41) is 29.5. The minimum Gasteiger partial charge on any atom is -0.396 e. The van der Waals surface area contributed by atoms with Crippen molar-refractivity contribution in [1.82, 2.24) is 10.2 Å². The maximum Gasteiger partial charge on any atom is 0.321 e. The lowest BCUT2D eigenvalue weighted by Gasteiger charge is -2.36. The number of carbonyl (C=O) groups is 1. The number of nitrogens with one attached hydrogen (secondary N) is 1. The van der Waals surface area contributed by atoms with Gasteiger partial charge in [0.1, 0.15) is 12.3 Å². The first kappa shape index (κ1) is 14.4. The fourth-order valence-corrected chi connectivity index (χ4v) is 2.24. The molecule has 2 amide bonds. The highest BCUT2D eigenvalue weighted by Crippen LogP contribution is 2.39. The van der Waals surface area contributed by atoms with E-state index in [2.05, 4.69) is 5.32 Å². The smallest absolute Gasteiger partial charge is 0.321 e. The van der Waals surface area contributed by atoms with Gasteiger partial charge in [0, 0.05) is 19.6 Å². The van der Waals surface area contributed by atoms with E-state index in [1.54, 1.807) is 0 Å². The molecule has 0 aliphatic carbocycles. The number of amides is 2. The Kier molecular flexibility index (Phi) is 3.90. The lowest BCUT2D eigenvalue weighted by atomic mass is 10.1. The lowest BCUT2D eigenvalue weighted by Crippen LogP contribution is -2.59. The fraction of sp³-hybridized carbons (Fsp3) is 0.900. The number of rotatable bonds is 3. The van der Waals surface area contributed by atoms with Gasteiger partial charge in [0.05, 0.1) is 6.10 Å². The van der Waals surface area contributed by atoms with E-state index in [1.165, 1.54) is 0 Å². The normalized spacial score (nSPS) is 38.4. The van der Waals surface area contributed by atoms with Crippen molar-refractivity contribution in [3.63, 3.8) is 0 Å². The predicted octanol–water partition coefficient (Wildman–Crippen LogP) is -1.18. The van der Waals surface area contributed by atoms with Crippen LogP contribution in [0.25, 0.3) is 0 Å². The molecule has 0 bridgehead atoms. The van der Waals surface area contributed by atoms with Gasteiger partial charge < -0.3 is 25.4 Å². The SMILES string of the molecule is O=C1N[C@H](O)CCN1[C@@H]1O[C@H](CCO)[C@@H](O)C1(F)F. The zero-order valence-corrected chi connectivity index (χ0v) is 10.00. The summed E-state index contributed by atoms with van der Waals surface area (Å²) in [5.41, 5.74) is 0. The number of carbonyl (C=O) groups excluding carboxylic acids is 1. The molecule has 7 nitrogen and oxygen atoms in total. The standard InChI is InChI=1S/C10H16F2N2O5/c11-10(12)7(17)5(2-4-15)19-8(10)14-3-1-6(16)13-9(14)18/h5-8,15-17H,1-4H2,(H,13,18)/t5-,6-,7-,8-/m1/s1. The Bertz CT molecular complexity index is 357. The second kappa shape index (κ2) is 5.16. The quantitative estimate of drug-likeness (QED) is 0.522. The highest BCUT2D eigenvalue weighted by Gasteiger charge is 2.61. The molecule has 2 fully saturated rings. The Morgan fingerprint density at radius 3 is 2.74 bits per heavy atom. The van der Waals surface area contributed by atoms with Crippen molar-refractivity contribution in [2.75, 3.05) is 13.2 Å². The number of hydrogen-bond donors (Lipinski definition) is 4. The van der Waals surface area contributed by atoms with Crippen molar-refractivity contribution in [2.45, 2.75) is 43.4 Å². The minimum atomic E-state index is -3.63. The number of alkyl halides is 2. The monoisotopic (exact) mass is 282 g/mol. The molecule has 2 aliphatic heterocycles. The number of urea groups is 1. The summed E-state index contributed by atoms with van der Waals surface area (Å²) in [4.78, 5) is 12.3. The highest BCUT2D eigenvalue weighted by molar-refractivity contribution is 5.75. The molecular weight excluding hydrogens is 266 g/mol. The molecule has 19 heavy (non-hydrogen) atoms. The summed E-state index contributed by atoms with van der Waals surface area (Å²) in [6.45, 7) is -0.513. The van der Waals surface area contributed by atoms with Crippen LogP contribution in [0.2, 0.25) is 0 Å². The van der Waals surface area contributed by atoms with E-state index in [9.17, 15) is 23.8 Å². The first-order valence-electron chi connectivity index (χ1n) is 5.95. The van der Waals surface area contributed by atoms with E-state index in [0.29, 0.717) is 0 Å². The Labute approximate surface area is 107 Å². The van der Waals surface area contributed by atoms with Crippen LogP contribution >= 0.6 is 0 Å². The van der Waals surface area contributed by atoms with Crippen LogP contribution in [0.4, 0.5) is 13.6 Å². The van der Waals surface area contributed by atoms with Crippen LogP contribution in [0, 0.1) is 0 Å². The van der Waals surface area contributed by atoms with Gasteiger partial charge in [0.25, 0.3) is 0 Å². The molecule has 4 N–H and O–H groups in total. The maximum atomic E-state index is 13.9. The molecule has 0 aromatic carbocycles. The van der Waals surface area contributed by atoms with E-state index >= 15 is 0 Å². The molecule has 4 atom stereocenters. The number of aliphatic hydroxyl groups excluding tert-OH is 3.